The highest BCUT2D eigenvalue weighted by Crippen LogP contribution is 2.33. The van der Waals surface area contributed by atoms with Crippen LogP contribution < -0.4 is 5.32 Å². The minimum Gasteiger partial charge on any atom is -0.479 e. The van der Waals surface area contributed by atoms with Gasteiger partial charge in [0.25, 0.3) is 0 Å². The second kappa shape index (κ2) is 7.45. The van der Waals surface area contributed by atoms with E-state index in [1.165, 1.54) is 4.90 Å². The van der Waals surface area contributed by atoms with Crippen LogP contribution in [0.15, 0.2) is 11.4 Å². The molecule has 0 aromatic carbocycles. The summed E-state index contributed by atoms with van der Waals surface area (Å²) in [7, 11) is 0. The van der Waals surface area contributed by atoms with Gasteiger partial charge < -0.3 is 15.3 Å². The zero-order valence-corrected chi connectivity index (χ0v) is 13.1. The number of nitrogens with one attached hydrogen (secondary N) is 1. The first-order valence-electron chi connectivity index (χ1n) is 7.48. The van der Waals surface area contributed by atoms with E-state index in [0.29, 0.717) is 13.1 Å². The predicted octanol–water partition coefficient (Wildman–Crippen LogP) is 3.02. The number of carboxylic acids is 1. The molecule has 1 aliphatic rings. The van der Waals surface area contributed by atoms with Crippen molar-refractivity contribution in [2.24, 2.45) is 0 Å². The Kier molecular flexibility index (Phi) is 5.61. The Hall–Kier alpha value is -1.56. The zero-order valence-electron chi connectivity index (χ0n) is 12.3. The lowest BCUT2D eigenvalue weighted by Crippen LogP contribution is -2.48. The molecule has 2 amide bonds. The van der Waals surface area contributed by atoms with Gasteiger partial charge >= 0.3 is 12.0 Å². The fourth-order valence-corrected chi connectivity index (χ4v) is 3.55. The van der Waals surface area contributed by atoms with E-state index < -0.39 is 12.0 Å². The minimum absolute atomic E-state index is 0.268. The van der Waals surface area contributed by atoms with Crippen LogP contribution in [0.3, 0.4) is 0 Å². The third-order valence-corrected chi connectivity index (χ3v) is 4.76. The Morgan fingerprint density at radius 2 is 2.24 bits per heavy atom. The van der Waals surface area contributed by atoms with Crippen LogP contribution in [0.1, 0.15) is 49.1 Å². The van der Waals surface area contributed by atoms with Crippen molar-refractivity contribution in [1.29, 1.82) is 0 Å². The lowest BCUT2D eigenvalue weighted by molar-refractivity contribution is -0.142. The second-order valence-electron chi connectivity index (χ2n) is 5.28. The number of carbonyl (C=O) groups is 2. The summed E-state index contributed by atoms with van der Waals surface area (Å²) in [5.41, 5.74) is 0.764. The highest BCUT2D eigenvalue weighted by atomic mass is 32.1. The number of aliphatic carboxylic acids is 1. The topological polar surface area (TPSA) is 69.6 Å². The first kappa shape index (κ1) is 15.8. The summed E-state index contributed by atoms with van der Waals surface area (Å²) in [6, 6.07) is 0.700. The fourth-order valence-electron chi connectivity index (χ4n) is 2.65. The smallest absolute Gasteiger partial charge is 0.331 e. The van der Waals surface area contributed by atoms with Gasteiger partial charge in [-0.25, -0.2) is 9.59 Å². The molecule has 0 radical (unpaired) electrons. The third-order valence-electron chi connectivity index (χ3n) is 3.77. The summed E-state index contributed by atoms with van der Waals surface area (Å²) < 4.78 is 0. The fraction of sp³-hybridized carbons (Fsp3) is 0.600. The lowest BCUT2D eigenvalue weighted by Gasteiger charge is -2.33. The van der Waals surface area contributed by atoms with Crippen molar-refractivity contribution in [1.82, 2.24) is 10.2 Å². The second-order valence-corrected chi connectivity index (χ2v) is 6.28. The molecule has 0 aliphatic carbocycles. The zero-order chi connectivity index (χ0) is 15.2. The molecular weight excluding hydrogens is 288 g/mol. The number of unbranched alkanes of at least 4 members (excludes halogenated alkanes) is 3. The van der Waals surface area contributed by atoms with Crippen LogP contribution in [-0.4, -0.2) is 35.1 Å². The molecule has 1 aliphatic heterocycles. The molecule has 1 aromatic rings. The Morgan fingerprint density at radius 3 is 2.95 bits per heavy atom. The van der Waals surface area contributed by atoms with Gasteiger partial charge in [-0.05, 0) is 29.9 Å². The summed E-state index contributed by atoms with van der Waals surface area (Å²) in [6.07, 6.45) is 5.08. The number of amides is 2. The highest BCUT2D eigenvalue weighted by Gasteiger charge is 2.36. The van der Waals surface area contributed by atoms with Gasteiger partial charge in [-0.3, -0.25) is 0 Å². The highest BCUT2D eigenvalue weighted by molar-refractivity contribution is 7.10. The quantitative estimate of drug-likeness (QED) is 0.794. The average Bonchev–Trinajstić information content (AvgIpc) is 2.93. The Morgan fingerprint density at radius 1 is 1.43 bits per heavy atom. The van der Waals surface area contributed by atoms with Crippen molar-refractivity contribution in [3.8, 4) is 0 Å². The molecule has 0 saturated heterocycles. The maximum atomic E-state index is 12.2. The molecule has 0 saturated carbocycles. The van der Waals surface area contributed by atoms with Crippen molar-refractivity contribution < 1.29 is 14.7 Å². The number of fused-ring (bicyclic) bond motifs is 1. The van der Waals surface area contributed by atoms with Crippen molar-refractivity contribution >= 4 is 23.3 Å². The first-order valence-corrected chi connectivity index (χ1v) is 8.36. The number of nitrogens with zero attached hydrogens (tertiary/aromatic N) is 1. The van der Waals surface area contributed by atoms with E-state index in [9.17, 15) is 14.7 Å². The number of urea groups is 1. The maximum Gasteiger partial charge on any atom is 0.331 e. The molecule has 2 N–H and O–H groups in total. The van der Waals surface area contributed by atoms with E-state index in [4.69, 9.17) is 0 Å². The third kappa shape index (κ3) is 3.75. The van der Waals surface area contributed by atoms with Gasteiger partial charge in [-0.2, -0.15) is 0 Å². The molecule has 5 nitrogen and oxygen atoms in total. The van der Waals surface area contributed by atoms with Gasteiger partial charge in [0.2, 0.25) is 0 Å². The van der Waals surface area contributed by atoms with Gasteiger partial charge in [0.05, 0.1) is 0 Å². The Bertz CT molecular complexity index is 501. The van der Waals surface area contributed by atoms with Crippen LogP contribution in [0.25, 0.3) is 0 Å². The lowest BCUT2D eigenvalue weighted by atomic mass is 10.0. The van der Waals surface area contributed by atoms with Crippen LogP contribution in [0.5, 0.6) is 0 Å². The van der Waals surface area contributed by atoms with Crippen LogP contribution >= 0.6 is 11.3 Å². The van der Waals surface area contributed by atoms with Crippen molar-refractivity contribution in [3.63, 3.8) is 0 Å². The van der Waals surface area contributed by atoms with Crippen LogP contribution in [0.2, 0.25) is 0 Å². The maximum absolute atomic E-state index is 12.2. The van der Waals surface area contributed by atoms with Gasteiger partial charge in [-0.1, -0.05) is 26.2 Å². The molecule has 1 aromatic heterocycles. The number of carboxylic acid groups (broad SMARTS) is 1. The van der Waals surface area contributed by atoms with Gasteiger partial charge in [-0.15, -0.1) is 11.3 Å². The molecule has 0 bridgehead atoms. The molecule has 2 heterocycles. The van der Waals surface area contributed by atoms with Crippen LogP contribution in [0, 0.1) is 0 Å². The number of carbonyl (C=O) groups excluding carboxylic acids is 1. The molecule has 2 rings (SSSR count). The number of rotatable bonds is 6. The largest absolute Gasteiger partial charge is 0.479 e. The molecule has 21 heavy (non-hydrogen) atoms. The average molecular weight is 310 g/mol. The number of hydrogen-bond acceptors (Lipinski definition) is 3. The summed E-state index contributed by atoms with van der Waals surface area (Å²) >= 11 is 1.57. The van der Waals surface area contributed by atoms with E-state index in [2.05, 4.69) is 12.2 Å². The van der Waals surface area contributed by atoms with Crippen LogP contribution in [0.4, 0.5) is 4.79 Å². The summed E-state index contributed by atoms with van der Waals surface area (Å²) in [6.45, 7) is 3.21. The summed E-state index contributed by atoms with van der Waals surface area (Å²) in [5, 5.41) is 14.2. The molecule has 116 valence electrons. The predicted molar refractivity (Wildman–Crippen MR) is 82.6 cm³/mol. The van der Waals surface area contributed by atoms with E-state index >= 15 is 0 Å². The summed E-state index contributed by atoms with van der Waals surface area (Å²) in [4.78, 5) is 26.3. The molecule has 1 unspecified atom stereocenters. The Balaban J connectivity index is 1.95. The van der Waals surface area contributed by atoms with Crippen molar-refractivity contribution in [2.45, 2.75) is 45.1 Å². The standard InChI is InChI=1S/C15H22N2O3S/c1-2-3-4-5-8-16-15(20)17-9-6-12-11(7-10-21-12)13(17)14(18)19/h7,10,13H,2-6,8-9H2,1H3,(H,16,20)(H,18,19). The monoisotopic (exact) mass is 310 g/mol. The van der Waals surface area contributed by atoms with Gasteiger partial charge in [0.1, 0.15) is 0 Å². The SMILES string of the molecule is CCCCCCNC(=O)N1CCc2sccc2C1C(=O)O. The van der Waals surface area contributed by atoms with E-state index in [1.54, 1.807) is 11.3 Å². The number of hydrogen-bond donors (Lipinski definition) is 2. The summed E-state index contributed by atoms with van der Waals surface area (Å²) in [5.74, 6) is -0.963. The van der Waals surface area contributed by atoms with Crippen LogP contribution in [-0.2, 0) is 11.2 Å². The first-order chi connectivity index (χ1) is 10.1. The van der Waals surface area contributed by atoms with Gasteiger partial charge in [0, 0.05) is 18.0 Å². The molecule has 0 spiro atoms. The minimum atomic E-state index is -0.963. The number of thiophene rings is 1. The van der Waals surface area contributed by atoms with E-state index in [0.717, 1.165) is 42.5 Å². The normalized spacial score (nSPS) is 17.4. The van der Waals surface area contributed by atoms with Crippen molar-refractivity contribution in [3.05, 3.63) is 21.9 Å². The molecule has 0 fully saturated rings. The van der Waals surface area contributed by atoms with Gasteiger partial charge in [0.15, 0.2) is 6.04 Å². The van der Waals surface area contributed by atoms with Crippen molar-refractivity contribution in [2.75, 3.05) is 13.1 Å². The Labute approximate surface area is 129 Å². The molecule has 6 heteroatoms. The van der Waals surface area contributed by atoms with E-state index in [1.807, 2.05) is 11.4 Å². The molecular formula is C15H22N2O3S. The van der Waals surface area contributed by atoms with E-state index in [-0.39, 0.29) is 6.03 Å². The molecule has 1 atom stereocenters.